The van der Waals surface area contributed by atoms with Crippen LogP contribution >= 0.6 is 0 Å². The second-order valence-electron chi connectivity index (χ2n) is 5.55. The molecule has 0 fully saturated rings. The van der Waals surface area contributed by atoms with Crippen LogP contribution in [0.3, 0.4) is 0 Å². The van der Waals surface area contributed by atoms with Crippen molar-refractivity contribution in [2.45, 2.75) is 20.3 Å². The molecule has 3 N–H and O–H groups in total. The maximum absolute atomic E-state index is 11.9. The summed E-state index contributed by atoms with van der Waals surface area (Å²) < 4.78 is 0. The monoisotopic (exact) mass is 353 g/mol. The number of carbonyl (C=O) groups excluding carboxylic acids is 3. The van der Waals surface area contributed by atoms with Crippen LogP contribution in [0.25, 0.3) is 0 Å². The molecule has 26 heavy (non-hydrogen) atoms. The molecule has 0 aliphatic rings. The molecule has 1 aromatic heterocycles. The van der Waals surface area contributed by atoms with Gasteiger partial charge in [0.15, 0.2) is 0 Å². The number of hydrogen-bond donors (Lipinski definition) is 3. The average molecular weight is 353 g/mol. The van der Waals surface area contributed by atoms with E-state index in [2.05, 4.69) is 26.1 Å². The third kappa shape index (κ3) is 6.16. The molecule has 1 aromatic carbocycles. The van der Waals surface area contributed by atoms with Crippen LogP contribution in [0.1, 0.15) is 18.9 Å². The van der Waals surface area contributed by atoms with Gasteiger partial charge < -0.3 is 10.6 Å². The van der Waals surface area contributed by atoms with Gasteiger partial charge in [0.25, 0.3) is 0 Å². The van der Waals surface area contributed by atoms with Crippen LogP contribution in [0.5, 0.6) is 0 Å². The quantitative estimate of drug-likeness (QED) is 0.432. The molecular formula is C18H19N5O3. The molecule has 0 saturated carbocycles. The number of benzene rings is 1. The maximum Gasteiger partial charge on any atom is 0.329 e. The van der Waals surface area contributed by atoms with Crippen molar-refractivity contribution in [1.29, 1.82) is 0 Å². The van der Waals surface area contributed by atoms with Crippen molar-refractivity contribution in [2.75, 3.05) is 10.6 Å². The van der Waals surface area contributed by atoms with Crippen LogP contribution in [0.15, 0.2) is 53.8 Å². The summed E-state index contributed by atoms with van der Waals surface area (Å²) in [6.07, 6.45) is 1.51. The molecule has 8 nitrogen and oxygen atoms in total. The van der Waals surface area contributed by atoms with E-state index in [0.29, 0.717) is 17.2 Å². The van der Waals surface area contributed by atoms with Gasteiger partial charge in [-0.05, 0) is 43.7 Å². The lowest BCUT2D eigenvalue weighted by atomic mass is 10.2. The van der Waals surface area contributed by atoms with E-state index in [9.17, 15) is 14.4 Å². The molecule has 0 bridgehead atoms. The largest absolute Gasteiger partial charge is 0.329 e. The Morgan fingerprint density at radius 1 is 1.04 bits per heavy atom. The number of hydrogen-bond acceptors (Lipinski definition) is 5. The lowest BCUT2D eigenvalue weighted by Gasteiger charge is -2.06. The van der Waals surface area contributed by atoms with Crippen LogP contribution in [0.2, 0.25) is 0 Å². The van der Waals surface area contributed by atoms with Gasteiger partial charge in [-0.25, -0.2) is 10.4 Å². The Morgan fingerprint density at radius 3 is 2.54 bits per heavy atom. The first-order chi connectivity index (χ1) is 12.4. The molecule has 8 heteroatoms. The predicted octanol–water partition coefficient (Wildman–Crippen LogP) is 1.85. The number of amides is 3. The highest BCUT2D eigenvalue weighted by atomic mass is 16.2. The van der Waals surface area contributed by atoms with E-state index in [1.807, 2.05) is 13.0 Å². The Hall–Kier alpha value is -3.55. The summed E-state index contributed by atoms with van der Waals surface area (Å²) in [5, 5.41) is 8.83. The second-order valence-corrected chi connectivity index (χ2v) is 5.55. The van der Waals surface area contributed by atoms with Crippen LogP contribution in [0.4, 0.5) is 11.5 Å². The highest BCUT2D eigenvalue weighted by molar-refractivity contribution is 6.39. The molecule has 0 atom stereocenters. The zero-order chi connectivity index (χ0) is 18.9. The highest BCUT2D eigenvalue weighted by Crippen LogP contribution is 2.09. The van der Waals surface area contributed by atoms with Gasteiger partial charge in [0.2, 0.25) is 5.91 Å². The number of nitrogens with one attached hydrogen (secondary N) is 3. The van der Waals surface area contributed by atoms with Gasteiger partial charge in [-0.3, -0.25) is 14.4 Å². The fourth-order valence-corrected chi connectivity index (χ4v) is 2.00. The molecule has 0 radical (unpaired) electrons. The van der Waals surface area contributed by atoms with Crippen molar-refractivity contribution in [3.05, 3.63) is 54.2 Å². The molecule has 0 aliphatic heterocycles. The van der Waals surface area contributed by atoms with Crippen molar-refractivity contribution >= 4 is 34.9 Å². The zero-order valence-corrected chi connectivity index (χ0v) is 14.4. The van der Waals surface area contributed by atoms with Crippen LogP contribution in [-0.2, 0) is 14.4 Å². The lowest BCUT2D eigenvalue weighted by Crippen LogP contribution is -2.33. The maximum atomic E-state index is 11.9. The summed E-state index contributed by atoms with van der Waals surface area (Å²) >= 11 is 0. The third-order valence-corrected chi connectivity index (χ3v) is 3.18. The van der Waals surface area contributed by atoms with E-state index in [-0.39, 0.29) is 12.3 Å². The molecule has 3 amide bonds. The first-order valence-corrected chi connectivity index (χ1v) is 7.86. The normalized spacial score (nSPS) is 10.8. The first kappa shape index (κ1) is 18.8. The van der Waals surface area contributed by atoms with E-state index in [1.54, 1.807) is 49.5 Å². The van der Waals surface area contributed by atoms with E-state index in [4.69, 9.17) is 0 Å². The summed E-state index contributed by atoms with van der Waals surface area (Å²) in [6, 6.07) is 12.2. The number of hydrazone groups is 1. The van der Waals surface area contributed by atoms with E-state index < -0.39 is 11.8 Å². The number of aromatic nitrogens is 1. The number of anilines is 2. The number of nitrogens with zero attached hydrogens (tertiary/aromatic N) is 2. The molecule has 2 rings (SSSR count). The fourth-order valence-electron chi connectivity index (χ4n) is 2.00. The van der Waals surface area contributed by atoms with Crippen molar-refractivity contribution in [3.8, 4) is 0 Å². The Morgan fingerprint density at radius 2 is 1.85 bits per heavy atom. The smallest absolute Gasteiger partial charge is 0.318 e. The number of carbonyl (C=O) groups is 3. The standard InChI is InChI=1S/C18H19N5O3/c1-12-6-5-7-14(10-12)20-17(25)18(26)23-22-13(2)11-16(24)21-15-8-3-4-9-19-15/h3-10H,11H2,1-2H3,(H,20,25)(H,23,26)(H,19,21,24). The summed E-state index contributed by atoms with van der Waals surface area (Å²) in [6.45, 7) is 3.44. The number of aryl methyl sites for hydroxylation is 1. The van der Waals surface area contributed by atoms with Crippen LogP contribution in [-0.4, -0.2) is 28.4 Å². The van der Waals surface area contributed by atoms with Gasteiger partial charge in [0.1, 0.15) is 5.82 Å². The number of rotatable bonds is 5. The van der Waals surface area contributed by atoms with Gasteiger partial charge in [0, 0.05) is 17.6 Å². The fraction of sp³-hybridized carbons (Fsp3) is 0.167. The van der Waals surface area contributed by atoms with Gasteiger partial charge >= 0.3 is 11.8 Å². The van der Waals surface area contributed by atoms with E-state index in [0.717, 1.165) is 5.56 Å². The summed E-state index contributed by atoms with van der Waals surface area (Å²) in [5.74, 6) is -1.67. The van der Waals surface area contributed by atoms with Gasteiger partial charge in [-0.2, -0.15) is 5.10 Å². The topological polar surface area (TPSA) is 113 Å². The summed E-state index contributed by atoms with van der Waals surface area (Å²) in [7, 11) is 0. The number of pyridine rings is 1. The van der Waals surface area contributed by atoms with E-state index >= 15 is 0 Å². The molecule has 0 saturated heterocycles. The van der Waals surface area contributed by atoms with Crippen LogP contribution < -0.4 is 16.1 Å². The molecule has 0 spiro atoms. The second kappa shape index (κ2) is 9.07. The third-order valence-electron chi connectivity index (χ3n) is 3.18. The molecule has 1 heterocycles. The Labute approximate surface area is 150 Å². The molecule has 0 aliphatic carbocycles. The van der Waals surface area contributed by atoms with Crippen molar-refractivity contribution in [2.24, 2.45) is 5.10 Å². The van der Waals surface area contributed by atoms with Crippen molar-refractivity contribution < 1.29 is 14.4 Å². The minimum Gasteiger partial charge on any atom is -0.318 e. The van der Waals surface area contributed by atoms with Gasteiger partial charge in [-0.1, -0.05) is 18.2 Å². The molecular weight excluding hydrogens is 334 g/mol. The molecule has 0 unspecified atom stereocenters. The predicted molar refractivity (Wildman–Crippen MR) is 98.5 cm³/mol. The summed E-state index contributed by atoms with van der Waals surface area (Å²) in [5.41, 5.74) is 3.94. The minimum atomic E-state index is -0.920. The average Bonchev–Trinajstić information content (AvgIpc) is 2.60. The lowest BCUT2D eigenvalue weighted by molar-refractivity contribution is -0.136. The van der Waals surface area contributed by atoms with E-state index in [1.165, 1.54) is 0 Å². The molecule has 134 valence electrons. The van der Waals surface area contributed by atoms with Crippen LogP contribution in [0, 0.1) is 6.92 Å². The van der Waals surface area contributed by atoms with Crippen molar-refractivity contribution in [1.82, 2.24) is 10.4 Å². The highest BCUT2D eigenvalue weighted by Gasteiger charge is 2.13. The Kier molecular flexibility index (Phi) is 6.55. The Bertz CT molecular complexity index is 834. The zero-order valence-electron chi connectivity index (χ0n) is 14.4. The molecule has 2 aromatic rings. The van der Waals surface area contributed by atoms with Gasteiger partial charge in [0.05, 0.1) is 6.42 Å². The van der Waals surface area contributed by atoms with Gasteiger partial charge in [-0.15, -0.1) is 0 Å². The Balaban J connectivity index is 1.82. The summed E-state index contributed by atoms with van der Waals surface area (Å²) in [4.78, 5) is 39.4. The van der Waals surface area contributed by atoms with Crippen molar-refractivity contribution in [3.63, 3.8) is 0 Å². The SMILES string of the molecule is CC(CC(=O)Nc1ccccn1)=NNC(=O)C(=O)Nc1cccc(C)c1. The minimum absolute atomic E-state index is 0.0453. The first-order valence-electron chi connectivity index (χ1n) is 7.86.